The molecule has 3 atom stereocenters. The minimum Gasteiger partial charge on any atom is -0.192 e. The Bertz CT molecular complexity index is 10300. The summed E-state index contributed by atoms with van der Waals surface area (Å²) in [5.41, 5.74) is 32.9. The Kier molecular flexibility index (Phi) is 11.7. The molecule has 6 aromatic heterocycles. The Balaban J connectivity index is 0.0000000896. The van der Waals surface area contributed by atoms with Crippen molar-refractivity contribution < 1.29 is 27.5 Å². The Morgan fingerprint density at radius 1 is 0.156 bits per heavy atom. The summed E-state index contributed by atoms with van der Waals surface area (Å²) in [5, 5.41) is 13.2. The fourth-order valence-electron chi connectivity index (χ4n) is 25.6. The van der Waals surface area contributed by atoms with Crippen LogP contribution < -0.4 is 32.9 Å². The second-order valence-electron chi connectivity index (χ2n) is 39.5. The lowest BCUT2D eigenvalue weighted by molar-refractivity contribution is -0.791. The van der Waals surface area contributed by atoms with Crippen molar-refractivity contribution in [3.8, 4) is 0 Å². The van der Waals surface area contributed by atoms with Crippen LogP contribution in [0.3, 0.4) is 0 Å². The van der Waals surface area contributed by atoms with Gasteiger partial charge in [-0.1, -0.05) is 199 Å². The number of hydrogen-bond donors (Lipinski definition) is 0. The monoisotopic (exact) mass is 1740 g/mol. The van der Waals surface area contributed by atoms with Crippen LogP contribution in [0.15, 0.2) is 278 Å². The molecule has 0 fully saturated rings. The molecule has 0 amide bonds. The predicted molar refractivity (Wildman–Crippen MR) is 518 cm³/mol. The number of aliphatic imine (C=N–C) groups is 6. The van der Waals surface area contributed by atoms with Crippen LogP contribution in [0.25, 0.3) is 64.6 Å². The molecule has 0 saturated heterocycles. The summed E-state index contributed by atoms with van der Waals surface area (Å²) in [6.45, 7) is 25.8. The molecule has 12 aromatic carbocycles. The van der Waals surface area contributed by atoms with Crippen LogP contribution in [0.2, 0.25) is 0 Å². The quantitative estimate of drug-likeness (QED) is 0.130. The van der Waals surface area contributed by atoms with Gasteiger partial charge in [0.1, 0.15) is 0 Å². The highest BCUT2D eigenvalue weighted by Gasteiger charge is 2.74. The number of amidine groups is 12. The van der Waals surface area contributed by atoms with Crippen LogP contribution in [-0.4, -0.2) is 125 Å². The maximum Gasteiger partial charge on any atom is 0.404 e. The zero-order chi connectivity index (χ0) is 89.0. The highest BCUT2D eigenvalue weighted by atomic mass is 15.7. The van der Waals surface area contributed by atoms with E-state index in [-0.39, 0.29) is 0 Å². The highest BCUT2D eigenvalue weighted by molar-refractivity contribution is 6.25. The molecule has 24 heterocycles. The average molecular weight is 1740 g/mol. The van der Waals surface area contributed by atoms with Crippen molar-refractivity contribution in [2.45, 2.75) is 101 Å². The van der Waals surface area contributed by atoms with E-state index in [0.29, 0.717) is 0 Å². The summed E-state index contributed by atoms with van der Waals surface area (Å²) in [4.78, 5) is 66.2. The topological polar surface area (TPSA) is 196 Å². The minimum absolute atomic E-state index is 0.906. The molecule has 0 bridgehead atoms. The Hall–Kier alpha value is -17.3. The number of fused-ring (bicyclic) bond motifs is 36. The molecular formula is C111H72N24+6. The zero-order valence-corrected chi connectivity index (χ0v) is 75.0. The molecule has 24 nitrogen and oxygen atoms in total. The van der Waals surface area contributed by atoms with E-state index in [4.69, 9.17) is 59.9 Å². The lowest BCUT2D eigenvalue weighted by Gasteiger charge is -2.40. The summed E-state index contributed by atoms with van der Waals surface area (Å²) in [7, 11) is 0. The summed E-state index contributed by atoms with van der Waals surface area (Å²) >= 11 is 0. The smallest absolute Gasteiger partial charge is 0.192 e. The molecule has 630 valence electrons. The molecule has 1 unspecified atom stereocenters. The van der Waals surface area contributed by atoms with Crippen molar-refractivity contribution in [1.29, 1.82) is 0 Å². The van der Waals surface area contributed by atoms with E-state index in [1.807, 2.05) is 0 Å². The van der Waals surface area contributed by atoms with Crippen molar-refractivity contribution in [1.82, 2.24) is 27.4 Å². The maximum absolute atomic E-state index is 5.53. The van der Waals surface area contributed by atoms with Crippen molar-refractivity contribution >= 4 is 170 Å². The molecule has 0 aliphatic carbocycles. The summed E-state index contributed by atoms with van der Waals surface area (Å²) in [5.74, 6) is 13.5. The van der Waals surface area contributed by atoms with Crippen LogP contribution in [0.4, 0.5) is 34.9 Å². The first-order valence-corrected chi connectivity index (χ1v) is 46.3. The van der Waals surface area contributed by atoms with E-state index in [9.17, 15) is 0 Å². The normalized spacial score (nSPS) is 20.1. The fourth-order valence-corrected chi connectivity index (χ4v) is 25.6. The lowest BCUT2D eigenvalue weighted by Crippen LogP contribution is -2.71. The Morgan fingerprint density at radius 2 is 0.333 bits per heavy atom. The van der Waals surface area contributed by atoms with E-state index in [0.717, 1.165) is 269 Å². The summed E-state index contributed by atoms with van der Waals surface area (Å²) in [6.07, 6.45) is 0. The van der Waals surface area contributed by atoms with E-state index in [1.165, 1.54) is 66.8 Å². The van der Waals surface area contributed by atoms with Crippen LogP contribution >= 0.6 is 0 Å². The van der Waals surface area contributed by atoms with Gasteiger partial charge in [0.25, 0.3) is 70.0 Å². The van der Waals surface area contributed by atoms with Crippen LogP contribution in [0, 0.1) is 83.1 Å². The number of benzene rings is 12. The third kappa shape index (κ3) is 7.56. The van der Waals surface area contributed by atoms with Crippen molar-refractivity contribution in [2.75, 3.05) is 0 Å². The van der Waals surface area contributed by atoms with Crippen LogP contribution in [-0.2, 0) is 17.7 Å². The average Bonchev–Trinajstić information content (AvgIpc) is 1.47. The van der Waals surface area contributed by atoms with Crippen molar-refractivity contribution in [3.05, 3.63) is 385 Å². The van der Waals surface area contributed by atoms with Gasteiger partial charge in [-0.05, 0) is 229 Å². The number of rotatable bonds is 0. The van der Waals surface area contributed by atoms with Gasteiger partial charge >= 0.3 is 17.7 Å². The van der Waals surface area contributed by atoms with Gasteiger partial charge in [-0.2, -0.15) is 27.4 Å². The highest BCUT2D eigenvalue weighted by Crippen LogP contribution is 2.58. The van der Waals surface area contributed by atoms with Gasteiger partial charge in [-0.15, -0.1) is 27.5 Å². The molecule has 135 heavy (non-hydrogen) atoms. The minimum atomic E-state index is -0.947. The SMILES string of the molecule is Cc1ccc2c(c1)C1=Nc3c4cc(C)ccc4c4n3[C@]35n6c(c7ccc(C)cc7c6=NC6=[N+]3C(=N4)c3cc(C)ccc36)=NC2=[N+]15.Cc1ccc2c(c1)C1=Nc3c4ccc(C)cc4c4n3C35n6c(c7ccc(C)cc7c6=NC2=[N+]13)=NC1=[N+]5C(=N4)c2ccc(C)cc21.Cc1ccc2c(c1)C1=Nc3c4ccc(C)cc4c4n3[C@]35n6c(c7ccc(C)cc7c6=NC6=[N+]3C(=N4)c3ccc(C)cc36)=NC2=[N+]15. The van der Waals surface area contributed by atoms with Crippen LogP contribution in [0.5, 0.6) is 0 Å². The first-order valence-electron chi connectivity index (χ1n) is 46.3. The number of hydrogen-bond acceptors (Lipinski definition) is 12. The molecule has 3 spiro atoms. The number of aromatic nitrogens is 6. The van der Waals surface area contributed by atoms with Crippen molar-refractivity contribution in [2.24, 2.45) is 59.9 Å². The second-order valence-corrected chi connectivity index (χ2v) is 39.5. The van der Waals surface area contributed by atoms with Gasteiger partial charge in [0.05, 0.1) is 66.8 Å². The molecular weight excluding hydrogens is 1670 g/mol. The van der Waals surface area contributed by atoms with Gasteiger partial charge in [0, 0.05) is 64.6 Å². The Labute approximate surface area is 765 Å². The Morgan fingerprint density at radius 3 is 0.585 bits per heavy atom. The predicted octanol–water partition coefficient (Wildman–Crippen LogP) is 14.8. The van der Waals surface area contributed by atoms with Gasteiger partial charge in [0.2, 0.25) is 67.8 Å². The van der Waals surface area contributed by atoms with Crippen LogP contribution in [0.1, 0.15) is 134 Å². The summed E-state index contributed by atoms with van der Waals surface area (Å²) < 4.78 is 28.4. The fraction of sp³-hybridized carbons (Fsp3) is 0.135. The van der Waals surface area contributed by atoms with Gasteiger partial charge in [-0.3, -0.25) is 0 Å². The van der Waals surface area contributed by atoms with E-state index in [1.54, 1.807) is 0 Å². The van der Waals surface area contributed by atoms with E-state index in [2.05, 4.69) is 356 Å². The van der Waals surface area contributed by atoms with Gasteiger partial charge in [0.15, 0.2) is 0 Å². The third-order valence-electron chi connectivity index (χ3n) is 31.1. The molecule has 0 radical (unpaired) electrons. The molecule has 18 aliphatic heterocycles. The molecule has 18 aliphatic rings. The molecule has 18 aromatic rings. The number of nitrogens with zero attached hydrogens (tertiary/aromatic N) is 24. The van der Waals surface area contributed by atoms with Crippen molar-refractivity contribution in [3.63, 3.8) is 0 Å². The second kappa shape index (κ2) is 22.3. The van der Waals surface area contributed by atoms with E-state index < -0.39 is 17.7 Å². The summed E-state index contributed by atoms with van der Waals surface area (Å²) in [6, 6.07) is 79.8. The van der Waals surface area contributed by atoms with Gasteiger partial charge < -0.3 is 0 Å². The molecule has 24 heteroatoms. The first-order chi connectivity index (χ1) is 65.8. The lowest BCUT2D eigenvalue weighted by atomic mass is 10.0. The molecule has 0 N–H and O–H groups in total. The molecule has 36 rings (SSSR count). The standard InChI is InChI=1S/3C37H24N8/c2*1-17-5-9-21-25(13-17)33-39-31-23-11-7-18(2)14-26(23)34-40-32-24-12-8-20(4)16-28(24)36-41-35-27-15-19(3)6-10-22(27)30-38-29(21)42(33)37(43(30)35,44(31)34)45(32)36;1-17-5-9-21-25(13-17)33-38-30-22-10-6-18(2)14-26(22)35-40-32-24-12-8-20(4)16-28(24)36-41-31-23-11-7-19(3)15-27(23)34-39-29(21)42(33)37(43(30)35,44(31)34)45(32)36/h3*5-16H,1-4H3/q3*+2/t2*37-;/m00./s1. The first kappa shape index (κ1) is 70.6. The van der Waals surface area contributed by atoms with E-state index >= 15 is 0 Å². The third-order valence-corrected chi connectivity index (χ3v) is 31.1. The number of aryl methyl sites for hydroxylation is 12. The zero-order valence-electron chi connectivity index (χ0n) is 75.0. The largest absolute Gasteiger partial charge is 0.404 e. The maximum atomic E-state index is 5.53. The van der Waals surface area contributed by atoms with Gasteiger partial charge in [-0.25, -0.2) is 0 Å². The molecule has 0 saturated carbocycles.